The van der Waals surface area contributed by atoms with Crippen LogP contribution < -0.4 is 9.62 Å². The van der Waals surface area contributed by atoms with Gasteiger partial charge in [-0.25, -0.2) is 13.1 Å². The standard InChI is InChI=1S/C20H19ClN4O3S/c1-29(27,28)25-9-8-15-10-16(2-7-19(15)25)20(26)22-11-14-12-23-24(13-14)18-5-3-17(21)4-6-18/h2-7,10,12-13H,8-9,11H2,1H3,(H,22,26). The Kier molecular flexibility index (Phi) is 5.06. The van der Waals surface area contributed by atoms with Crippen molar-refractivity contribution < 1.29 is 13.2 Å². The zero-order valence-electron chi connectivity index (χ0n) is 15.7. The Morgan fingerprint density at radius 2 is 1.97 bits per heavy atom. The molecule has 0 spiro atoms. The van der Waals surface area contributed by atoms with Crippen molar-refractivity contribution in [2.45, 2.75) is 13.0 Å². The second kappa shape index (κ2) is 7.53. The van der Waals surface area contributed by atoms with Gasteiger partial charge in [-0.15, -0.1) is 0 Å². The molecule has 0 saturated carbocycles. The molecule has 1 N–H and O–H groups in total. The second-order valence-corrected chi connectivity index (χ2v) is 9.22. The predicted octanol–water partition coefficient (Wildman–Crippen LogP) is 2.78. The number of benzene rings is 2. The summed E-state index contributed by atoms with van der Waals surface area (Å²) in [7, 11) is -3.30. The van der Waals surface area contributed by atoms with Gasteiger partial charge >= 0.3 is 0 Å². The minimum atomic E-state index is -3.30. The fourth-order valence-electron chi connectivity index (χ4n) is 3.33. The van der Waals surface area contributed by atoms with Crippen molar-refractivity contribution >= 4 is 33.2 Å². The molecular weight excluding hydrogens is 412 g/mol. The van der Waals surface area contributed by atoms with Gasteiger partial charge in [0.2, 0.25) is 10.0 Å². The fourth-order valence-corrected chi connectivity index (χ4v) is 4.41. The Balaban J connectivity index is 1.43. The van der Waals surface area contributed by atoms with Crippen LogP contribution in [0.15, 0.2) is 54.9 Å². The van der Waals surface area contributed by atoms with E-state index in [0.29, 0.717) is 35.8 Å². The first-order chi connectivity index (χ1) is 13.8. The summed E-state index contributed by atoms with van der Waals surface area (Å²) in [6.07, 6.45) is 5.32. The number of fused-ring (bicyclic) bond motifs is 1. The van der Waals surface area contributed by atoms with Crippen molar-refractivity contribution in [1.82, 2.24) is 15.1 Å². The largest absolute Gasteiger partial charge is 0.348 e. The third-order valence-corrected chi connectivity index (χ3v) is 6.21. The third kappa shape index (κ3) is 4.13. The molecule has 3 aromatic rings. The average Bonchev–Trinajstić information content (AvgIpc) is 3.33. The summed E-state index contributed by atoms with van der Waals surface area (Å²) in [5, 5.41) is 7.84. The van der Waals surface area contributed by atoms with Crippen LogP contribution in [0.3, 0.4) is 0 Å². The van der Waals surface area contributed by atoms with Gasteiger partial charge in [0.15, 0.2) is 0 Å². The molecule has 0 atom stereocenters. The van der Waals surface area contributed by atoms with E-state index in [-0.39, 0.29) is 5.91 Å². The van der Waals surface area contributed by atoms with Gasteiger partial charge in [-0.3, -0.25) is 9.10 Å². The summed E-state index contributed by atoms with van der Waals surface area (Å²) in [6, 6.07) is 12.4. The van der Waals surface area contributed by atoms with E-state index < -0.39 is 10.0 Å². The van der Waals surface area contributed by atoms with E-state index in [1.165, 1.54) is 10.6 Å². The summed E-state index contributed by atoms with van der Waals surface area (Å²) in [5.41, 5.74) is 3.75. The minimum Gasteiger partial charge on any atom is -0.348 e. The molecule has 150 valence electrons. The minimum absolute atomic E-state index is 0.218. The van der Waals surface area contributed by atoms with Crippen LogP contribution in [-0.4, -0.2) is 36.9 Å². The van der Waals surface area contributed by atoms with E-state index in [4.69, 9.17) is 11.6 Å². The van der Waals surface area contributed by atoms with Gasteiger partial charge in [0.1, 0.15) is 0 Å². The molecule has 0 bridgehead atoms. The lowest BCUT2D eigenvalue weighted by molar-refractivity contribution is 0.0951. The first-order valence-electron chi connectivity index (χ1n) is 8.99. The van der Waals surface area contributed by atoms with Crippen molar-refractivity contribution in [3.8, 4) is 5.69 Å². The molecule has 7 nitrogen and oxygen atoms in total. The Morgan fingerprint density at radius 3 is 2.69 bits per heavy atom. The molecule has 2 heterocycles. The van der Waals surface area contributed by atoms with Gasteiger partial charge in [-0.1, -0.05) is 11.6 Å². The number of hydrogen-bond donors (Lipinski definition) is 1. The van der Waals surface area contributed by atoms with E-state index in [1.807, 2.05) is 18.3 Å². The van der Waals surface area contributed by atoms with Gasteiger partial charge in [-0.2, -0.15) is 5.10 Å². The van der Waals surface area contributed by atoms with Crippen LogP contribution in [-0.2, 0) is 23.0 Å². The Hall–Kier alpha value is -2.84. The van der Waals surface area contributed by atoms with E-state index in [1.54, 1.807) is 41.2 Å². The number of hydrogen-bond acceptors (Lipinski definition) is 4. The van der Waals surface area contributed by atoms with Crippen LogP contribution in [0.25, 0.3) is 5.69 Å². The molecule has 29 heavy (non-hydrogen) atoms. The van der Waals surface area contributed by atoms with Crippen LogP contribution in [0.4, 0.5) is 5.69 Å². The zero-order chi connectivity index (χ0) is 20.6. The number of rotatable bonds is 5. The highest BCUT2D eigenvalue weighted by Crippen LogP contribution is 2.30. The first-order valence-corrected chi connectivity index (χ1v) is 11.2. The van der Waals surface area contributed by atoms with Crippen molar-refractivity contribution in [3.63, 3.8) is 0 Å². The number of amides is 1. The number of carbonyl (C=O) groups is 1. The number of aromatic nitrogens is 2. The summed E-state index contributed by atoms with van der Waals surface area (Å²) >= 11 is 5.90. The Labute approximate surface area is 174 Å². The van der Waals surface area contributed by atoms with Crippen LogP contribution in [0.5, 0.6) is 0 Å². The lowest BCUT2D eigenvalue weighted by Crippen LogP contribution is -2.27. The van der Waals surface area contributed by atoms with Crippen LogP contribution >= 0.6 is 11.6 Å². The third-order valence-electron chi connectivity index (χ3n) is 4.78. The Bertz CT molecular complexity index is 1170. The number of halogens is 1. The maximum Gasteiger partial charge on any atom is 0.251 e. The van der Waals surface area contributed by atoms with Gasteiger partial charge < -0.3 is 5.32 Å². The molecule has 1 aromatic heterocycles. The maximum atomic E-state index is 12.5. The van der Waals surface area contributed by atoms with Gasteiger partial charge in [0, 0.05) is 35.4 Å². The fraction of sp³-hybridized carbons (Fsp3) is 0.200. The lowest BCUT2D eigenvalue weighted by atomic mass is 10.1. The number of nitrogens with zero attached hydrogens (tertiary/aromatic N) is 3. The normalized spacial score (nSPS) is 13.4. The summed E-state index contributed by atoms with van der Waals surface area (Å²) in [4.78, 5) is 12.5. The predicted molar refractivity (Wildman–Crippen MR) is 112 cm³/mol. The van der Waals surface area contributed by atoms with Crippen LogP contribution in [0, 0.1) is 0 Å². The zero-order valence-corrected chi connectivity index (χ0v) is 17.2. The number of carbonyl (C=O) groups excluding carboxylic acids is 1. The molecule has 0 aliphatic carbocycles. The van der Waals surface area contributed by atoms with Crippen molar-refractivity contribution in [1.29, 1.82) is 0 Å². The Morgan fingerprint density at radius 1 is 1.21 bits per heavy atom. The first kappa shape index (κ1) is 19.5. The van der Waals surface area contributed by atoms with Crippen LogP contribution in [0.2, 0.25) is 5.02 Å². The van der Waals surface area contributed by atoms with Gasteiger partial charge in [0.05, 0.1) is 23.8 Å². The highest BCUT2D eigenvalue weighted by molar-refractivity contribution is 7.92. The van der Waals surface area contributed by atoms with Crippen molar-refractivity contribution in [3.05, 3.63) is 76.6 Å². The monoisotopic (exact) mass is 430 g/mol. The number of sulfonamides is 1. The molecule has 1 aliphatic rings. The molecule has 1 amide bonds. The molecule has 0 unspecified atom stereocenters. The smallest absolute Gasteiger partial charge is 0.251 e. The van der Waals surface area contributed by atoms with Gasteiger partial charge in [-0.05, 0) is 54.4 Å². The van der Waals surface area contributed by atoms with E-state index in [2.05, 4.69) is 10.4 Å². The van der Waals surface area contributed by atoms with Gasteiger partial charge in [0.25, 0.3) is 5.91 Å². The highest BCUT2D eigenvalue weighted by Gasteiger charge is 2.26. The lowest BCUT2D eigenvalue weighted by Gasteiger charge is -2.16. The average molecular weight is 431 g/mol. The topological polar surface area (TPSA) is 84.3 Å². The molecule has 0 radical (unpaired) electrons. The van der Waals surface area contributed by atoms with E-state index in [9.17, 15) is 13.2 Å². The molecule has 2 aromatic carbocycles. The molecular formula is C20H19ClN4O3S. The number of anilines is 1. The quantitative estimate of drug-likeness (QED) is 0.674. The van der Waals surface area contributed by atoms with Crippen molar-refractivity contribution in [2.75, 3.05) is 17.1 Å². The van der Waals surface area contributed by atoms with Crippen LogP contribution in [0.1, 0.15) is 21.5 Å². The summed E-state index contributed by atoms with van der Waals surface area (Å²) in [5.74, 6) is -0.218. The van der Waals surface area contributed by atoms with E-state index in [0.717, 1.165) is 16.8 Å². The molecule has 0 fully saturated rings. The molecule has 4 rings (SSSR count). The molecule has 9 heteroatoms. The van der Waals surface area contributed by atoms with Crippen molar-refractivity contribution in [2.24, 2.45) is 0 Å². The second-order valence-electron chi connectivity index (χ2n) is 6.88. The molecule has 1 aliphatic heterocycles. The maximum absolute atomic E-state index is 12.5. The number of nitrogens with one attached hydrogen (secondary N) is 1. The molecule has 0 saturated heterocycles. The summed E-state index contributed by atoms with van der Waals surface area (Å²) < 4.78 is 26.7. The van der Waals surface area contributed by atoms with E-state index >= 15 is 0 Å². The summed E-state index contributed by atoms with van der Waals surface area (Å²) in [6.45, 7) is 0.738. The SMILES string of the molecule is CS(=O)(=O)N1CCc2cc(C(=O)NCc3cnn(-c4ccc(Cl)cc4)c3)ccc21. The highest BCUT2D eigenvalue weighted by atomic mass is 35.5.